The molecule has 2 amide bonds. The molecule has 79 heavy (non-hydrogen) atoms. The first kappa shape index (κ1) is 74.0. The molecule has 447 valence electrons. The first-order valence-electron chi connectivity index (χ1n) is 27.4. The van der Waals surface area contributed by atoms with Gasteiger partial charge in [0.2, 0.25) is 0 Å². The summed E-state index contributed by atoms with van der Waals surface area (Å²) in [6, 6.07) is -3.33. The maximum absolute atomic E-state index is 13.0. The van der Waals surface area contributed by atoms with Gasteiger partial charge in [0.1, 0.15) is 19.5 Å². The van der Waals surface area contributed by atoms with E-state index in [1.54, 1.807) is 92.8 Å². The minimum absolute atomic E-state index is 0. The summed E-state index contributed by atoms with van der Waals surface area (Å²) in [5.74, 6) is -4.99. The Labute approximate surface area is 491 Å². The van der Waals surface area contributed by atoms with Crippen LogP contribution in [0.25, 0.3) is 0 Å². The van der Waals surface area contributed by atoms with Gasteiger partial charge in [-0.15, -0.1) is 0 Å². The van der Waals surface area contributed by atoms with Crippen LogP contribution >= 0.6 is 0 Å². The minimum Gasteiger partial charge on any atom is -0.481 e. The summed E-state index contributed by atoms with van der Waals surface area (Å²) in [5, 5.41) is 123. The molecule has 0 saturated carbocycles. The number of hydrogen-bond acceptors (Lipinski definition) is 18. The molecule has 19 atom stereocenters. The number of carbonyl (C=O) groups excluding carboxylic acids is 2. The third kappa shape index (κ3) is 29.7. The predicted molar refractivity (Wildman–Crippen MR) is 294 cm³/mol. The van der Waals surface area contributed by atoms with Crippen LogP contribution in [0, 0.1) is 42.9 Å². The number of cyclic esters (lactones) is 1. The van der Waals surface area contributed by atoms with Gasteiger partial charge in [0, 0.05) is 75.2 Å². The van der Waals surface area contributed by atoms with Gasteiger partial charge in [-0.3, -0.25) is 9.59 Å². The molecule has 3 aliphatic rings. The molecule has 2 bridgehead atoms. The number of carbonyl (C=O) groups is 3. The Balaban J connectivity index is 0.00000364. The van der Waals surface area contributed by atoms with E-state index in [9.17, 15) is 65.4 Å². The number of urea groups is 1. The second kappa shape index (κ2) is 40.2. The van der Waals surface area contributed by atoms with E-state index >= 15 is 0 Å². The van der Waals surface area contributed by atoms with E-state index in [0.717, 1.165) is 0 Å². The average molecular weight is 1350 g/mol. The number of ether oxygens (including phenoxy) is 4. The number of nitrogens with two attached hydrogens (primary N) is 1. The first-order chi connectivity index (χ1) is 36.9. The number of fused-ring (bicyclic) bond motifs is 2. The monoisotopic (exact) mass is 1340 g/mol. The number of unbranched alkanes of at least 4 members (excludes halogenated alkanes) is 2. The van der Waals surface area contributed by atoms with Crippen LogP contribution in [-0.2, 0) is 28.5 Å². The van der Waals surface area contributed by atoms with Gasteiger partial charge >= 0.3 is 18.0 Å². The molecule has 0 aliphatic carbocycles. The van der Waals surface area contributed by atoms with E-state index in [4.69, 9.17) is 29.8 Å². The summed E-state index contributed by atoms with van der Waals surface area (Å²) in [4.78, 5) is 36.7. The van der Waals surface area contributed by atoms with Crippen molar-refractivity contribution in [3.63, 3.8) is 0 Å². The largest absolute Gasteiger partial charge is 0.481 e. The average Bonchev–Trinajstić information content (AvgIpc) is 3.36. The number of aliphatic carboxylic acids is 1. The topological polar surface area (TPSA) is 361 Å². The van der Waals surface area contributed by atoms with Crippen LogP contribution in [0.4, 0.5) is 4.79 Å². The number of amides is 2. The van der Waals surface area contributed by atoms with Crippen LogP contribution in [-0.4, -0.2) is 191 Å². The van der Waals surface area contributed by atoms with Gasteiger partial charge in [0.05, 0.1) is 92.1 Å². The molecule has 1 radical (unpaired) electrons. The molecular formula is C56H93BN3O18U. The number of hydrogen-bond donors (Lipinski definition) is 14. The van der Waals surface area contributed by atoms with Crippen LogP contribution in [0.15, 0.2) is 85.1 Å². The Kier molecular flexibility index (Phi) is 37.7. The van der Waals surface area contributed by atoms with Crippen LogP contribution in [0.3, 0.4) is 0 Å². The van der Waals surface area contributed by atoms with Gasteiger partial charge in [0.25, 0.3) is 0 Å². The number of esters is 1. The van der Waals surface area contributed by atoms with Crippen molar-refractivity contribution < 1.29 is 121 Å². The van der Waals surface area contributed by atoms with E-state index in [2.05, 4.69) is 31.7 Å². The molecule has 21 nitrogen and oxygen atoms in total. The SMILES string of the molecule is CC1OC(O[C@H]2/C=C/C=C/C=C/C=C/C=C/C=C/C=C/[C@H](C)[C@@H](O)[C@@H](C)[C@H](C)OC(=O)C[C@H](O)C[C@H](O)CC[C@@H](O)[C@H](O)C[C@H](O)C[C@]3(O)C[C@H](O)[C@@H](NC(=O)NCCC(=O)O)[C@H](C2)O3)C(O)C(N)C1O.C[B]CCCCC.[U]. The van der Waals surface area contributed by atoms with Gasteiger partial charge in [-0.05, 0) is 33.1 Å². The maximum atomic E-state index is 13.0. The Bertz CT molecular complexity index is 1940. The fraction of sp³-hybridized carbons (Fsp3) is 0.696. The number of rotatable bonds is 10. The molecule has 0 aromatic carbocycles. The maximum Gasteiger partial charge on any atom is 0.315 e. The van der Waals surface area contributed by atoms with Crippen molar-refractivity contribution in [1.29, 1.82) is 0 Å². The Morgan fingerprint density at radius 1 is 0.734 bits per heavy atom. The number of aliphatic hydroxyl groups is 10. The summed E-state index contributed by atoms with van der Waals surface area (Å²) < 4.78 is 23.6. The Morgan fingerprint density at radius 3 is 1.91 bits per heavy atom. The van der Waals surface area contributed by atoms with Crippen LogP contribution in [0.1, 0.15) is 112 Å². The second-order valence-electron chi connectivity index (χ2n) is 20.7. The number of aliphatic hydroxyl groups excluding tert-OH is 9. The van der Waals surface area contributed by atoms with Crippen LogP contribution in [0.5, 0.6) is 0 Å². The van der Waals surface area contributed by atoms with Crippen molar-refractivity contribution in [2.75, 3.05) is 6.54 Å². The van der Waals surface area contributed by atoms with Crippen molar-refractivity contribution in [2.45, 2.75) is 228 Å². The summed E-state index contributed by atoms with van der Waals surface area (Å²) in [7, 11) is 2.23. The Morgan fingerprint density at radius 2 is 1.33 bits per heavy atom. The second-order valence-corrected chi connectivity index (χ2v) is 20.7. The fourth-order valence-corrected chi connectivity index (χ4v) is 8.92. The molecule has 3 rings (SSSR count). The van der Waals surface area contributed by atoms with Crippen molar-refractivity contribution >= 4 is 25.2 Å². The predicted octanol–water partition coefficient (Wildman–Crippen LogP) is 2.50. The first-order valence-corrected chi connectivity index (χ1v) is 27.4. The zero-order valence-electron chi connectivity index (χ0n) is 46.8. The summed E-state index contributed by atoms with van der Waals surface area (Å²) >= 11 is 0. The third-order valence-electron chi connectivity index (χ3n) is 13.8. The quantitative estimate of drug-likeness (QED) is 0.0849. The van der Waals surface area contributed by atoms with Crippen molar-refractivity contribution in [2.24, 2.45) is 17.6 Å². The molecular weight excluding hydrogens is 1250 g/mol. The molecule has 5 unspecified atom stereocenters. The molecule has 0 spiro atoms. The number of carboxylic acids is 1. The summed E-state index contributed by atoms with van der Waals surface area (Å²) in [6.45, 7) is 10.8. The Hall–Kier alpha value is -3.05. The van der Waals surface area contributed by atoms with Gasteiger partial charge in [-0.25, -0.2) is 4.79 Å². The number of allylic oxidation sites excluding steroid dienone is 12. The van der Waals surface area contributed by atoms with Crippen LogP contribution < -0.4 is 16.4 Å². The van der Waals surface area contributed by atoms with Gasteiger partial charge < -0.3 is 91.5 Å². The zero-order chi connectivity index (χ0) is 58.4. The molecule has 0 aromatic rings. The normalized spacial score (nSPS) is 39.0. The van der Waals surface area contributed by atoms with Gasteiger partial charge in [-0.1, -0.05) is 138 Å². The number of nitrogens with one attached hydrogen (secondary N) is 2. The van der Waals surface area contributed by atoms with Crippen molar-refractivity contribution in [3.05, 3.63) is 85.1 Å². The van der Waals surface area contributed by atoms with Gasteiger partial charge in [0.15, 0.2) is 12.1 Å². The molecule has 23 heteroatoms. The van der Waals surface area contributed by atoms with E-state index < -0.39 is 160 Å². The van der Waals surface area contributed by atoms with Gasteiger partial charge in [-0.2, -0.15) is 0 Å². The molecule has 0 aromatic heterocycles. The van der Waals surface area contributed by atoms with Crippen molar-refractivity contribution in [1.82, 2.24) is 10.6 Å². The summed E-state index contributed by atoms with van der Waals surface area (Å²) in [5.41, 5.74) is 6.08. The van der Waals surface area contributed by atoms with E-state index in [1.807, 2.05) is 13.0 Å². The van der Waals surface area contributed by atoms with E-state index in [-0.39, 0.29) is 69.3 Å². The van der Waals surface area contributed by atoms with Crippen molar-refractivity contribution in [3.8, 4) is 0 Å². The fourth-order valence-electron chi connectivity index (χ4n) is 8.92. The van der Waals surface area contributed by atoms with E-state index in [1.165, 1.54) is 32.5 Å². The smallest absolute Gasteiger partial charge is 0.315 e. The summed E-state index contributed by atoms with van der Waals surface area (Å²) in [6.07, 6.45) is 8.68. The molecule has 2 fully saturated rings. The zero-order valence-corrected chi connectivity index (χ0v) is 51.0. The van der Waals surface area contributed by atoms with Crippen LogP contribution in [0.2, 0.25) is 13.1 Å². The minimum atomic E-state index is -2.32. The molecule has 3 heterocycles. The third-order valence-corrected chi connectivity index (χ3v) is 13.8. The molecule has 2 saturated heterocycles. The molecule has 15 N–H and O–H groups in total. The number of carboxylic acid groups (broad SMARTS) is 1. The standard InChI is InChI=1S/C50H79N3O18.C6H14B.U/c1-29-17-15-13-11-9-7-5-6-8-10-12-14-16-18-36(70-48-47(65)43(51)46(64)32(4)69-48)26-40-44(53-49(66)52-22-21-41(60)61)39(59)28-50(67,71-40)27-35(56)24-38(58)37(57)20-19-33(54)23-34(55)25-42(62)68-31(3)30(2)45(29)63;1-3-4-5-6-7-2;/h5-18,29-40,43-48,54-59,63-65,67H,19-28,51H2,1-4H3,(H,60,61)(H2,52,53,66);3-6H2,1-2H3;/b6-5+,9-7+,10-8+,13-11+,14-12+,17-15+,18-16+;;/t29-,30-,31-,32?,33+,34+,35-,36-,37+,38+,39-,40-,43?,44+,45+,46?,47?,48?,50+;;/m0../s1. The molecule has 3 aliphatic heterocycles. The van der Waals surface area contributed by atoms with E-state index in [0.29, 0.717) is 0 Å².